The summed E-state index contributed by atoms with van der Waals surface area (Å²) in [6.07, 6.45) is 0.692. The minimum Gasteiger partial charge on any atom is -0.392 e. The van der Waals surface area contributed by atoms with Crippen LogP contribution in [0.2, 0.25) is 0 Å². The van der Waals surface area contributed by atoms with Gasteiger partial charge in [-0.2, -0.15) is 5.26 Å². The Morgan fingerprint density at radius 1 is 1.20 bits per heavy atom. The summed E-state index contributed by atoms with van der Waals surface area (Å²) in [5, 5.41) is 22.2. The number of likely N-dealkylation sites (tertiary alicyclic amines) is 1. The van der Waals surface area contributed by atoms with Gasteiger partial charge in [-0.15, -0.1) is 0 Å². The number of nitrogens with one attached hydrogen (secondary N) is 1. The van der Waals surface area contributed by atoms with Crippen LogP contribution < -0.4 is 5.32 Å². The van der Waals surface area contributed by atoms with E-state index in [0.29, 0.717) is 5.56 Å². The summed E-state index contributed by atoms with van der Waals surface area (Å²) in [6, 6.07) is 18.6. The van der Waals surface area contributed by atoms with Gasteiger partial charge in [-0.3, -0.25) is 4.90 Å². The van der Waals surface area contributed by atoms with Gasteiger partial charge in [0, 0.05) is 32.2 Å². The standard InChI is InChI=1S/C21H25N3O/c1-16(18-8-6-17(12-22)7-9-18)23-13-19-4-2-3-5-20(19)14-24-11-10-21(25)15-24/h2-9,16,21,23,25H,10-11,13-15H2,1H3/t16-,21+/m1/s1. The number of rotatable bonds is 6. The molecule has 1 aliphatic heterocycles. The van der Waals surface area contributed by atoms with E-state index in [9.17, 15) is 5.11 Å². The largest absolute Gasteiger partial charge is 0.392 e. The zero-order valence-electron chi connectivity index (χ0n) is 14.7. The molecule has 0 amide bonds. The lowest BCUT2D eigenvalue weighted by Gasteiger charge is -2.20. The quantitative estimate of drug-likeness (QED) is 0.852. The van der Waals surface area contributed by atoms with Gasteiger partial charge in [-0.1, -0.05) is 36.4 Å². The molecule has 25 heavy (non-hydrogen) atoms. The van der Waals surface area contributed by atoms with Crippen LogP contribution in [-0.2, 0) is 13.1 Å². The van der Waals surface area contributed by atoms with Crippen LogP contribution in [0, 0.1) is 11.3 Å². The first-order valence-electron chi connectivity index (χ1n) is 8.86. The monoisotopic (exact) mass is 335 g/mol. The number of nitriles is 1. The summed E-state index contributed by atoms with van der Waals surface area (Å²) in [6.45, 7) is 5.56. The Morgan fingerprint density at radius 2 is 1.92 bits per heavy atom. The molecule has 2 aromatic carbocycles. The Balaban J connectivity index is 1.61. The highest BCUT2D eigenvalue weighted by Crippen LogP contribution is 2.18. The van der Waals surface area contributed by atoms with Gasteiger partial charge in [-0.25, -0.2) is 0 Å². The van der Waals surface area contributed by atoms with Crippen molar-refractivity contribution < 1.29 is 5.11 Å². The van der Waals surface area contributed by atoms with Crippen LogP contribution in [0.4, 0.5) is 0 Å². The summed E-state index contributed by atoms with van der Waals surface area (Å²) in [7, 11) is 0. The fourth-order valence-electron chi connectivity index (χ4n) is 3.31. The predicted octanol–water partition coefficient (Wildman–Crippen LogP) is 2.98. The van der Waals surface area contributed by atoms with Crippen LogP contribution in [0.5, 0.6) is 0 Å². The average Bonchev–Trinajstić information content (AvgIpc) is 3.05. The van der Waals surface area contributed by atoms with E-state index in [1.807, 2.05) is 24.3 Å². The van der Waals surface area contributed by atoms with E-state index in [2.05, 4.69) is 47.5 Å². The fraction of sp³-hybridized carbons (Fsp3) is 0.381. The van der Waals surface area contributed by atoms with Gasteiger partial charge < -0.3 is 10.4 Å². The lowest BCUT2D eigenvalue weighted by Crippen LogP contribution is -2.24. The maximum atomic E-state index is 9.71. The van der Waals surface area contributed by atoms with E-state index in [1.165, 1.54) is 16.7 Å². The second-order valence-corrected chi connectivity index (χ2v) is 6.78. The van der Waals surface area contributed by atoms with Crippen molar-refractivity contribution in [3.63, 3.8) is 0 Å². The van der Waals surface area contributed by atoms with E-state index >= 15 is 0 Å². The van der Waals surface area contributed by atoms with Crippen LogP contribution in [0.15, 0.2) is 48.5 Å². The van der Waals surface area contributed by atoms with Crippen molar-refractivity contribution in [3.8, 4) is 6.07 Å². The minimum absolute atomic E-state index is 0.179. The summed E-state index contributed by atoms with van der Waals surface area (Å²) in [4.78, 5) is 2.31. The van der Waals surface area contributed by atoms with E-state index in [0.717, 1.165) is 32.6 Å². The topological polar surface area (TPSA) is 59.3 Å². The highest BCUT2D eigenvalue weighted by Gasteiger charge is 2.20. The van der Waals surface area contributed by atoms with E-state index < -0.39 is 0 Å². The Labute approximate surface area is 149 Å². The summed E-state index contributed by atoms with van der Waals surface area (Å²) in [5.41, 5.74) is 4.48. The first-order chi connectivity index (χ1) is 12.2. The van der Waals surface area contributed by atoms with Crippen molar-refractivity contribution >= 4 is 0 Å². The molecule has 1 aliphatic rings. The molecule has 0 aliphatic carbocycles. The molecule has 4 heteroatoms. The van der Waals surface area contributed by atoms with Gasteiger partial charge in [0.05, 0.1) is 17.7 Å². The second kappa shape index (κ2) is 8.26. The number of hydrogen-bond acceptors (Lipinski definition) is 4. The first kappa shape index (κ1) is 17.6. The predicted molar refractivity (Wildman–Crippen MR) is 98.8 cm³/mol. The fourth-order valence-corrected chi connectivity index (χ4v) is 3.31. The van der Waals surface area contributed by atoms with Crippen LogP contribution in [0.25, 0.3) is 0 Å². The van der Waals surface area contributed by atoms with Crippen LogP contribution in [0.3, 0.4) is 0 Å². The van der Waals surface area contributed by atoms with Crippen molar-refractivity contribution in [2.75, 3.05) is 13.1 Å². The summed E-state index contributed by atoms with van der Waals surface area (Å²) in [5.74, 6) is 0. The molecule has 0 spiro atoms. The third-order valence-electron chi connectivity index (χ3n) is 4.90. The van der Waals surface area contributed by atoms with Crippen molar-refractivity contribution in [2.45, 2.75) is 38.6 Å². The molecule has 4 nitrogen and oxygen atoms in total. The summed E-state index contributed by atoms with van der Waals surface area (Å²) < 4.78 is 0. The van der Waals surface area contributed by atoms with Crippen LogP contribution in [0.1, 0.15) is 41.6 Å². The van der Waals surface area contributed by atoms with Gasteiger partial charge in [-0.05, 0) is 42.2 Å². The zero-order valence-corrected chi connectivity index (χ0v) is 14.7. The molecule has 1 saturated heterocycles. The molecule has 0 bridgehead atoms. The average molecular weight is 335 g/mol. The lowest BCUT2D eigenvalue weighted by atomic mass is 10.0. The Bertz CT molecular complexity index is 736. The third-order valence-corrected chi connectivity index (χ3v) is 4.90. The first-order valence-corrected chi connectivity index (χ1v) is 8.86. The molecule has 2 N–H and O–H groups in total. The maximum Gasteiger partial charge on any atom is 0.0991 e. The lowest BCUT2D eigenvalue weighted by molar-refractivity contribution is 0.174. The molecule has 0 saturated carbocycles. The van der Waals surface area contributed by atoms with E-state index in [-0.39, 0.29) is 12.1 Å². The van der Waals surface area contributed by atoms with E-state index in [4.69, 9.17) is 5.26 Å². The number of nitrogens with zero attached hydrogens (tertiary/aromatic N) is 2. The van der Waals surface area contributed by atoms with Gasteiger partial charge in [0.25, 0.3) is 0 Å². The van der Waals surface area contributed by atoms with Gasteiger partial charge in [0.2, 0.25) is 0 Å². The molecule has 130 valence electrons. The molecule has 0 aromatic heterocycles. The number of aliphatic hydroxyl groups is 1. The Hall–Kier alpha value is -2.19. The third kappa shape index (κ3) is 4.67. The molecule has 1 heterocycles. The van der Waals surface area contributed by atoms with Crippen molar-refractivity contribution in [1.82, 2.24) is 10.2 Å². The Kier molecular flexibility index (Phi) is 5.83. The molecule has 0 unspecified atom stereocenters. The highest BCUT2D eigenvalue weighted by molar-refractivity contribution is 5.33. The Morgan fingerprint density at radius 3 is 2.56 bits per heavy atom. The number of benzene rings is 2. The zero-order chi connectivity index (χ0) is 17.6. The number of hydrogen-bond donors (Lipinski definition) is 2. The van der Waals surface area contributed by atoms with Crippen molar-refractivity contribution in [3.05, 3.63) is 70.8 Å². The van der Waals surface area contributed by atoms with Gasteiger partial charge in [0.15, 0.2) is 0 Å². The number of aliphatic hydroxyl groups excluding tert-OH is 1. The molecule has 1 fully saturated rings. The smallest absolute Gasteiger partial charge is 0.0991 e. The summed E-state index contributed by atoms with van der Waals surface area (Å²) >= 11 is 0. The molecule has 2 atom stereocenters. The van der Waals surface area contributed by atoms with E-state index in [1.54, 1.807) is 0 Å². The highest BCUT2D eigenvalue weighted by atomic mass is 16.3. The normalized spacial score (nSPS) is 18.8. The van der Waals surface area contributed by atoms with Crippen molar-refractivity contribution in [1.29, 1.82) is 5.26 Å². The molecule has 2 aromatic rings. The van der Waals surface area contributed by atoms with Gasteiger partial charge >= 0.3 is 0 Å². The number of β-amino-alcohol motifs (C(OH)–C–C–N with tert-alkyl or cyclic N) is 1. The van der Waals surface area contributed by atoms with Gasteiger partial charge in [0.1, 0.15) is 0 Å². The molecular formula is C21H25N3O. The second-order valence-electron chi connectivity index (χ2n) is 6.78. The SMILES string of the molecule is C[C@@H](NCc1ccccc1CN1CC[C@H](O)C1)c1ccc(C#N)cc1. The van der Waals surface area contributed by atoms with Crippen LogP contribution >= 0.6 is 0 Å². The maximum absolute atomic E-state index is 9.71. The molecular weight excluding hydrogens is 310 g/mol. The minimum atomic E-state index is -0.179. The molecule has 0 radical (unpaired) electrons. The van der Waals surface area contributed by atoms with Crippen molar-refractivity contribution in [2.24, 2.45) is 0 Å². The molecule has 3 rings (SSSR count). The van der Waals surface area contributed by atoms with Crippen LogP contribution in [-0.4, -0.2) is 29.2 Å².